The summed E-state index contributed by atoms with van der Waals surface area (Å²) in [7, 11) is -2.83. The summed E-state index contributed by atoms with van der Waals surface area (Å²) in [4.78, 5) is 24.0. The zero-order valence-electron chi connectivity index (χ0n) is 21.0. The van der Waals surface area contributed by atoms with Gasteiger partial charge < -0.3 is 29.9 Å². The average molecular weight is 558 g/mol. The van der Waals surface area contributed by atoms with Gasteiger partial charge in [-0.2, -0.15) is 15.1 Å². The number of imidazole rings is 1. The molecule has 14 nitrogen and oxygen atoms in total. The molecule has 0 saturated carbocycles. The number of nitrogen functional groups attached to an aromatic ring is 1. The molecule has 0 bridgehead atoms. The van der Waals surface area contributed by atoms with E-state index in [2.05, 4.69) is 20.0 Å². The number of nitrogens with zero attached hydrogens (tertiary/aromatic N) is 4. The van der Waals surface area contributed by atoms with E-state index in [1.54, 1.807) is 28.8 Å². The molecule has 206 valence electrons. The van der Waals surface area contributed by atoms with E-state index in [0.29, 0.717) is 16.6 Å². The average Bonchev–Trinajstić information content (AvgIpc) is 3.50. The standard InChI is InChI=1S/C24H27N6O8P/c1-13(23(32)33)29-39(34,38-17-9-5-7-14-6-3-4-8-15(14)17)36-11-18-16(31)10-19(37-18)30-12-26-20-21(30)27-24(25)28-22(20)35-2/h3-9,12-13,16,18-19,31H,10-11H2,1-2H3,(H,29,34)(H,32,33)(H2,25,27,28)/t13?,16-,18+,19+,39?/m0/s1. The van der Waals surface area contributed by atoms with Crippen LogP contribution in [0.4, 0.5) is 5.95 Å². The number of aliphatic hydroxyl groups is 1. The first-order valence-corrected chi connectivity index (χ1v) is 13.5. The van der Waals surface area contributed by atoms with Crippen molar-refractivity contribution >= 4 is 41.6 Å². The SMILES string of the molecule is COc1nc(N)nc2c1ncn2[C@H]1C[C@H](O)[C@@H](COP(=O)(NC(C)C(=O)O)Oc2cccc3ccccc23)O1. The van der Waals surface area contributed by atoms with Gasteiger partial charge in [-0.25, -0.2) is 9.55 Å². The van der Waals surface area contributed by atoms with Gasteiger partial charge in [-0.1, -0.05) is 36.4 Å². The zero-order chi connectivity index (χ0) is 27.7. The molecule has 0 radical (unpaired) electrons. The lowest BCUT2D eigenvalue weighted by molar-refractivity contribution is -0.138. The monoisotopic (exact) mass is 558 g/mol. The second-order valence-electron chi connectivity index (χ2n) is 8.90. The minimum atomic E-state index is -4.27. The molecule has 1 fully saturated rings. The van der Waals surface area contributed by atoms with Crippen LogP contribution in [0.15, 0.2) is 48.8 Å². The minimum absolute atomic E-state index is 0.0234. The lowest BCUT2D eigenvalue weighted by atomic mass is 10.1. The zero-order valence-corrected chi connectivity index (χ0v) is 21.9. The number of nitrogens with two attached hydrogens (primary N) is 1. The number of nitrogens with one attached hydrogen (secondary N) is 1. The van der Waals surface area contributed by atoms with E-state index in [9.17, 15) is 19.6 Å². The number of carboxylic acid groups (broad SMARTS) is 1. The fourth-order valence-corrected chi connectivity index (χ4v) is 5.78. The summed E-state index contributed by atoms with van der Waals surface area (Å²) in [5.41, 5.74) is 6.50. The summed E-state index contributed by atoms with van der Waals surface area (Å²) < 4.78 is 38.0. The van der Waals surface area contributed by atoms with Gasteiger partial charge in [-0.3, -0.25) is 13.9 Å². The molecule has 0 spiro atoms. The molecule has 2 aromatic heterocycles. The number of ether oxygens (including phenoxy) is 2. The number of rotatable bonds is 10. The summed E-state index contributed by atoms with van der Waals surface area (Å²) >= 11 is 0. The van der Waals surface area contributed by atoms with Gasteiger partial charge in [0.15, 0.2) is 11.2 Å². The highest BCUT2D eigenvalue weighted by atomic mass is 31.2. The minimum Gasteiger partial charge on any atom is -0.480 e. The van der Waals surface area contributed by atoms with Crippen molar-refractivity contribution in [1.82, 2.24) is 24.6 Å². The molecule has 39 heavy (non-hydrogen) atoms. The van der Waals surface area contributed by atoms with E-state index >= 15 is 0 Å². The highest BCUT2D eigenvalue weighted by molar-refractivity contribution is 7.52. The Morgan fingerprint density at radius 3 is 2.82 bits per heavy atom. The number of benzene rings is 2. The second-order valence-corrected chi connectivity index (χ2v) is 10.6. The van der Waals surface area contributed by atoms with E-state index in [0.717, 1.165) is 5.39 Å². The molecule has 2 unspecified atom stereocenters. The Kier molecular flexibility index (Phi) is 7.38. The first-order valence-electron chi connectivity index (χ1n) is 12.0. The summed E-state index contributed by atoms with van der Waals surface area (Å²) in [5.74, 6) is -0.839. The molecular formula is C24H27N6O8P. The predicted molar refractivity (Wildman–Crippen MR) is 139 cm³/mol. The van der Waals surface area contributed by atoms with Crippen molar-refractivity contribution < 1.29 is 38.1 Å². The van der Waals surface area contributed by atoms with E-state index in [1.165, 1.54) is 20.4 Å². The van der Waals surface area contributed by atoms with Gasteiger partial charge in [-0.15, -0.1) is 0 Å². The normalized spacial score (nSPS) is 21.6. The summed E-state index contributed by atoms with van der Waals surface area (Å²) in [6.07, 6.45) is -1.05. The van der Waals surface area contributed by atoms with Crippen LogP contribution in [0.2, 0.25) is 0 Å². The number of aliphatic hydroxyl groups excluding tert-OH is 1. The van der Waals surface area contributed by atoms with Crippen LogP contribution < -0.4 is 20.1 Å². The molecule has 15 heteroatoms. The molecule has 5 rings (SSSR count). The van der Waals surface area contributed by atoms with Crippen LogP contribution in [0, 0.1) is 0 Å². The lowest BCUT2D eigenvalue weighted by Crippen LogP contribution is -2.35. The Bertz CT molecular complexity index is 1560. The summed E-state index contributed by atoms with van der Waals surface area (Å²) in [5, 5.41) is 24.0. The summed E-state index contributed by atoms with van der Waals surface area (Å²) in [6.45, 7) is 0.944. The molecule has 1 saturated heterocycles. The van der Waals surface area contributed by atoms with Gasteiger partial charge >= 0.3 is 13.7 Å². The van der Waals surface area contributed by atoms with Crippen LogP contribution in [0.1, 0.15) is 19.6 Å². The number of hydrogen-bond acceptors (Lipinski definition) is 11. The van der Waals surface area contributed by atoms with Gasteiger partial charge in [0.25, 0.3) is 0 Å². The quantitative estimate of drug-likeness (QED) is 0.208. The van der Waals surface area contributed by atoms with Crippen molar-refractivity contribution in [3.8, 4) is 11.6 Å². The Balaban J connectivity index is 1.36. The van der Waals surface area contributed by atoms with E-state index in [4.69, 9.17) is 24.3 Å². The van der Waals surface area contributed by atoms with Crippen molar-refractivity contribution in [3.63, 3.8) is 0 Å². The fraction of sp³-hybridized carbons (Fsp3) is 0.333. The third-order valence-electron chi connectivity index (χ3n) is 6.21. The predicted octanol–water partition coefficient (Wildman–Crippen LogP) is 2.49. The topological polar surface area (TPSA) is 193 Å². The maximum Gasteiger partial charge on any atom is 0.459 e. The van der Waals surface area contributed by atoms with E-state index in [-0.39, 0.29) is 30.6 Å². The molecule has 1 aliphatic rings. The number of anilines is 1. The number of aromatic nitrogens is 4. The van der Waals surface area contributed by atoms with Gasteiger partial charge in [0.05, 0.1) is 26.1 Å². The molecule has 0 aliphatic carbocycles. The molecular weight excluding hydrogens is 531 g/mol. The number of methoxy groups -OCH3 is 1. The van der Waals surface area contributed by atoms with Crippen molar-refractivity contribution in [2.45, 2.75) is 37.8 Å². The molecule has 1 aliphatic heterocycles. The molecule has 5 atom stereocenters. The maximum absolute atomic E-state index is 13.8. The highest BCUT2D eigenvalue weighted by Crippen LogP contribution is 2.47. The molecule has 2 aromatic carbocycles. The second kappa shape index (κ2) is 10.8. The number of hydrogen-bond donors (Lipinski definition) is 4. The molecule has 3 heterocycles. The van der Waals surface area contributed by atoms with Crippen LogP contribution in [0.25, 0.3) is 21.9 Å². The number of aliphatic carboxylic acids is 1. The Hall–Kier alpha value is -3.81. The van der Waals surface area contributed by atoms with E-state index in [1.807, 2.05) is 18.2 Å². The Labute approximate surface area is 222 Å². The number of carbonyl (C=O) groups is 1. The van der Waals surface area contributed by atoms with Crippen LogP contribution in [-0.4, -0.2) is 67.7 Å². The van der Waals surface area contributed by atoms with Gasteiger partial charge in [0.1, 0.15) is 24.1 Å². The fourth-order valence-electron chi connectivity index (χ4n) is 4.25. The first-order chi connectivity index (χ1) is 18.7. The molecule has 5 N–H and O–H groups in total. The third kappa shape index (κ3) is 5.51. The maximum atomic E-state index is 13.8. The highest BCUT2D eigenvalue weighted by Gasteiger charge is 2.40. The van der Waals surface area contributed by atoms with Crippen molar-refractivity contribution in [3.05, 3.63) is 48.8 Å². The van der Waals surface area contributed by atoms with Crippen molar-refractivity contribution in [2.24, 2.45) is 0 Å². The molecule has 4 aromatic rings. The lowest BCUT2D eigenvalue weighted by Gasteiger charge is -2.24. The largest absolute Gasteiger partial charge is 0.480 e. The third-order valence-corrected chi connectivity index (χ3v) is 7.84. The number of carboxylic acids is 1. The van der Waals surface area contributed by atoms with Gasteiger partial charge in [-0.05, 0) is 18.4 Å². The first kappa shape index (κ1) is 26.8. The smallest absolute Gasteiger partial charge is 0.459 e. The Morgan fingerprint density at radius 2 is 2.05 bits per heavy atom. The Morgan fingerprint density at radius 1 is 1.28 bits per heavy atom. The van der Waals surface area contributed by atoms with Crippen LogP contribution in [0.3, 0.4) is 0 Å². The van der Waals surface area contributed by atoms with Crippen LogP contribution in [-0.2, 0) is 18.6 Å². The van der Waals surface area contributed by atoms with Crippen LogP contribution >= 0.6 is 7.75 Å². The number of fused-ring (bicyclic) bond motifs is 2. The van der Waals surface area contributed by atoms with Gasteiger partial charge in [0.2, 0.25) is 11.8 Å². The molecule has 0 amide bonds. The summed E-state index contributed by atoms with van der Waals surface area (Å²) in [6, 6.07) is 11.2. The van der Waals surface area contributed by atoms with E-state index < -0.39 is 38.2 Å². The van der Waals surface area contributed by atoms with Gasteiger partial charge in [0, 0.05) is 11.8 Å². The van der Waals surface area contributed by atoms with Crippen LogP contribution in [0.5, 0.6) is 11.6 Å². The van der Waals surface area contributed by atoms with Crippen molar-refractivity contribution in [2.75, 3.05) is 19.5 Å². The van der Waals surface area contributed by atoms with Crippen molar-refractivity contribution in [1.29, 1.82) is 0 Å².